The van der Waals surface area contributed by atoms with E-state index in [9.17, 15) is 13.2 Å². The van der Waals surface area contributed by atoms with E-state index in [1.54, 1.807) is 19.4 Å². The highest BCUT2D eigenvalue weighted by Gasteiger charge is 2.19. The van der Waals surface area contributed by atoms with Gasteiger partial charge in [0.1, 0.15) is 16.4 Å². The molecule has 2 heterocycles. The van der Waals surface area contributed by atoms with E-state index in [0.29, 0.717) is 5.82 Å². The van der Waals surface area contributed by atoms with Crippen LogP contribution in [0.15, 0.2) is 29.6 Å². The van der Waals surface area contributed by atoms with E-state index in [0.717, 1.165) is 0 Å². The number of sulfonamides is 1. The van der Waals surface area contributed by atoms with Gasteiger partial charge >= 0.3 is 0 Å². The Balaban J connectivity index is 2.14. The van der Waals surface area contributed by atoms with E-state index in [1.165, 1.54) is 23.9 Å². The lowest BCUT2D eigenvalue weighted by Gasteiger charge is -2.03. The number of aromatic nitrogens is 3. The summed E-state index contributed by atoms with van der Waals surface area (Å²) in [6.45, 7) is 0.241. The maximum Gasteiger partial charge on any atom is 0.268 e. The molecule has 108 valence electrons. The number of H-pyrrole nitrogens is 1. The number of aromatic amines is 1. The molecule has 0 fully saturated rings. The molecule has 0 aromatic carbocycles. The van der Waals surface area contributed by atoms with Crippen LogP contribution in [0.5, 0.6) is 0 Å². The van der Waals surface area contributed by atoms with Crippen molar-refractivity contribution in [2.75, 3.05) is 7.05 Å². The Labute approximate surface area is 116 Å². The van der Waals surface area contributed by atoms with E-state index in [1.807, 2.05) is 0 Å². The Bertz CT molecular complexity index is 703. The summed E-state index contributed by atoms with van der Waals surface area (Å²) < 4.78 is 27.0. The van der Waals surface area contributed by atoms with Crippen molar-refractivity contribution in [2.24, 2.45) is 7.05 Å². The van der Waals surface area contributed by atoms with Gasteiger partial charge in [0.05, 0.1) is 6.54 Å². The number of carbonyl (C=O) groups excluding carboxylic acids is 1. The Hall–Kier alpha value is -2.13. The van der Waals surface area contributed by atoms with E-state index in [4.69, 9.17) is 0 Å². The Kier molecular flexibility index (Phi) is 3.91. The summed E-state index contributed by atoms with van der Waals surface area (Å²) in [6.07, 6.45) is 4.62. The topological polar surface area (TPSA) is 109 Å². The van der Waals surface area contributed by atoms with Gasteiger partial charge in [0.15, 0.2) is 0 Å². The second-order valence-electron chi connectivity index (χ2n) is 4.10. The van der Waals surface area contributed by atoms with Gasteiger partial charge in [-0.3, -0.25) is 4.79 Å². The SMILES string of the molecule is CNS(=O)(=O)c1cc(C(=O)NCc2ncc[nH]2)n(C)c1. The van der Waals surface area contributed by atoms with Gasteiger partial charge in [0.2, 0.25) is 10.0 Å². The van der Waals surface area contributed by atoms with Crippen molar-refractivity contribution < 1.29 is 13.2 Å². The fraction of sp³-hybridized carbons (Fsp3) is 0.273. The number of hydrogen-bond donors (Lipinski definition) is 3. The van der Waals surface area contributed by atoms with Gasteiger partial charge in [-0.15, -0.1) is 0 Å². The zero-order valence-electron chi connectivity index (χ0n) is 11.0. The lowest BCUT2D eigenvalue weighted by atomic mass is 10.4. The van der Waals surface area contributed by atoms with E-state index in [2.05, 4.69) is 20.0 Å². The molecule has 0 aliphatic rings. The van der Waals surface area contributed by atoms with Crippen molar-refractivity contribution in [2.45, 2.75) is 11.4 Å². The molecule has 2 aromatic heterocycles. The molecule has 0 radical (unpaired) electrons. The van der Waals surface area contributed by atoms with Crippen molar-refractivity contribution in [3.8, 4) is 0 Å². The Morgan fingerprint density at radius 2 is 2.25 bits per heavy atom. The van der Waals surface area contributed by atoms with Crippen LogP contribution in [0, 0.1) is 0 Å². The number of aryl methyl sites for hydroxylation is 1. The van der Waals surface area contributed by atoms with Crippen molar-refractivity contribution in [1.82, 2.24) is 24.6 Å². The number of rotatable bonds is 5. The van der Waals surface area contributed by atoms with Gasteiger partial charge in [0, 0.05) is 25.6 Å². The summed E-state index contributed by atoms with van der Waals surface area (Å²) in [5.41, 5.74) is 0.255. The molecule has 9 heteroatoms. The minimum Gasteiger partial charge on any atom is -0.347 e. The molecule has 0 bridgehead atoms. The third-order valence-electron chi connectivity index (χ3n) is 2.76. The van der Waals surface area contributed by atoms with Crippen molar-refractivity contribution in [1.29, 1.82) is 0 Å². The maximum atomic E-state index is 12.0. The van der Waals surface area contributed by atoms with Crippen LogP contribution in [0.25, 0.3) is 0 Å². The van der Waals surface area contributed by atoms with Crippen molar-refractivity contribution >= 4 is 15.9 Å². The molecule has 8 nitrogen and oxygen atoms in total. The van der Waals surface area contributed by atoms with Gasteiger partial charge in [-0.1, -0.05) is 0 Å². The highest BCUT2D eigenvalue weighted by atomic mass is 32.2. The predicted octanol–water partition coefficient (Wildman–Crippen LogP) is -0.414. The molecule has 2 rings (SSSR count). The first-order chi connectivity index (χ1) is 9.44. The molecule has 0 unspecified atom stereocenters. The zero-order chi connectivity index (χ0) is 14.8. The first kappa shape index (κ1) is 14.3. The first-order valence-corrected chi connectivity index (χ1v) is 7.28. The second kappa shape index (κ2) is 5.47. The predicted molar refractivity (Wildman–Crippen MR) is 71.4 cm³/mol. The number of nitrogens with zero attached hydrogens (tertiary/aromatic N) is 2. The van der Waals surface area contributed by atoms with Crippen LogP contribution in [-0.2, 0) is 23.6 Å². The van der Waals surface area contributed by atoms with E-state index in [-0.39, 0.29) is 23.0 Å². The number of hydrogen-bond acceptors (Lipinski definition) is 4. The number of nitrogens with one attached hydrogen (secondary N) is 3. The summed E-state index contributed by atoms with van der Waals surface area (Å²) in [5.74, 6) is 0.247. The first-order valence-electron chi connectivity index (χ1n) is 5.80. The third-order valence-corrected chi connectivity index (χ3v) is 4.14. The molecule has 0 spiro atoms. The minimum absolute atomic E-state index is 0.0469. The van der Waals surface area contributed by atoms with Crippen LogP contribution in [0.2, 0.25) is 0 Å². The van der Waals surface area contributed by atoms with Crippen molar-refractivity contribution in [3.05, 3.63) is 36.2 Å². The largest absolute Gasteiger partial charge is 0.347 e. The molecule has 0 saturated carbocycles. The molecular weight excluding hydrogens is 282 g/mol. The van der Waals surface area contributed by atoms with Crippen LogP contribution >= 0.6 is 0 Å². The number of carbonyl (C=O) groups is 1. The normalized spacial score (nSPS) is 11.5. The van der Waals surface area contributed by atoms with Gasteiger partial charge in [0.25, 0.3) is 5.91 Å². The maximum absolute atomic E-state index is 12.0. The smallest absolute Gasteiger partial charge is 0.268 e. The monoisotopic (exact) mass is 297 g/mol. The Morgan fingerprint density at radius 1 is 1.50 bits per heavy atom. The van der Waals surface area contributed by atoms with E-state index < -0.39 is 10.0 Å². The molecule has 0 atom stereocenters. The molecule has 2 aromatic rings. The summed E-state index contributed by atoms with van der Waals surface area (Å²) in [6, 6.07) is 1.32. The van der Waals surface area contributed by atoms with E-state index >= 15 is 0 Å². The quantitative estimate of drug-likeness (QED) is 0.696. The van der Waals surface area contributed by atoms with Gasteiger partial charge in [-0.25, -0.2) is 18.1 Å². The molecule has 1 amide bonds. The zero-order valence-corrected chi connectivity index (χ0v) is 11.9. The van der Waals surface area contributed by atoms with Crippen LogP contribution in [0.3, 0.4) is 0 Å². The molecule has 0 aliphatic carbocycles. The standard InChI is InChI=1S/C11H15N5O3S/c1-12-20(18,19)8-5-9(16(2)7-8)11(17)15-6-10-13-3-4-14-10/h3-5,7,12H,6H2,1-2H3,(H,13,14)(H,15,17). The average molecular weight is 297 g/mol. The second-order valence-corrected chi connectivity index (χ2v) is 5.98. The van der Waals surface area contributed by atoms with Crippen LogP contribution < -0.4 is 10.0 Å². The lowest BCUT2D eigenvalue weighted by molar-refractivity contribution is 0.0942. The molecule has 20 heavy (non-hydrogen) atoms. The molecular formula is C11H15N5O3S. The summed E-state index contributed by atoms with van der Waals surface area (Å²) in [7, 11) is -0.635. The van der Waals surface area contributed by atoms with Crippen LogP contribution in [0.4, 0.5) is 0 Å². The van der Waals surface area contributed by atoms with Crippen LogP contribution in [0.1, 0.15) is 16.3 Å². The molecule has 3 N–H and O–H groups in total. The van der Waals surface area contributed by atoms with Gasteiger partial charge in [-0.05, 0) is 13.1 Å². The lowest BCUT2D eigenvalue weighted by Crippen LogP contribution is -2.25. The highest BCUT2D eigenvalue weighted by molar-refractivity contribution is 7.89. The molecule has 0 saturated heterocycles. The third kappa shape index (κ3) is 2.89. The average Bonchev–Trinajstić information content (AvgIpc) is 3.05. The van der Waals surface area contributed by atoms with Gasteiger partial charge in [-0.2, -0.15) is 0 Å². The highest BCUT2D eigenvalue weighted by Crippen LogP contribution is 2.13. The van der Waals surface area contributed by atoms with Crippen LogP contribution in [-0.4, -0.2) is 35.9 Å². The minimum atomic E-state index is -3.56. The van der Waals surface area contributed by atoms with Gasteiger partial charge < -0.3 is 14.9 Å². The summed E-state index contributed by atoms with van der Waals surface area (Å²) in [4.78, 5) is 18.9. The number of imidazole rings is 1. The summed E-state index contributed by atoms with van der Waals surface area (Å²) >= 11 is 0. The molecule has 0 aliphatic heterocycles. The fourth-order valence-electron chi connectivity index (χ4n) is 1.67. The Morgan fingerprint density at radius 3 is 2.85 bits per heavy atom. The fourth-order valence-corrected chi connectivity index (χ4v) is 2.47. The number of amides is 1. The summed E-state index contributed by atoms with van der Waals surface area (Å²) in [5, 5.41) is 2.66. The van der Waals surface area contributed by atoms with Crippen molar-refractivity contribution in [3.63, 3.8) is 0 Å².